The number of halogens is 3. The molecular formula is C22H19F3N2O. The minimum absolute atomic E-state index is 0.249. The van der Waals surface area contributed by atoms with Crippen LogP contribution in [0, 0.1) is 6.92 Å². The third kappa shape index (κ3) is 4.76. The molecule has 0 aliphatic rings. The Bertz CT molecular complexity index is 966. The Kier molecular flexibility index (Phi) is 5.78. The average molecular weight is 384 g/mol. The first-order chi connectivity index (χ1) is 13.3. The average Bonchev–Trinajstić information content (AvgIpc) is 2.68. The van der Waals surface area contributed by atoms with Gasteiger partial charge in [0.1, 0.15) is 0 Å². The van der Waals surface area contributed by atoms with E-state index in [4.69, 9.17) is 0 Å². The van der Waals surface area contributed by atoms with Crippen LogP contribution < -0.4 is 5.32 Å². The molecule has 3 rings (SSSR count). The number of aryl methyl sites for hydroxylation is 1. The van der Waals surface area contributed by atoms with Gasteiger partial charge in [0.2, 0.25) is 0 Å². The monoisotopic (exact) mass is 384 g/mol. The summed E-state index contributed by atoms with van der Waals surface area (Å²) in [4.78, 5) is 16.3. The Hall–Kier alpha value is -3.15. The van der Waals surface area contributed by atoms with Gasteiger partial charge in [-0.15, -0.1) is 0 Å². The second-order valence-electron chi connectivity index (χ2n) is 6.43. The van der Waals surface area contributed by atoms with Crippen molar-refractivity contribution in [2.75, 3.05) is 6.54 Å². The summed E-state index contributed by atoms with van der Waals surface area (Å²) in [5.74, 6) is -0.725. The van der Waals surface area contributed by atoms with E-state index in [0.717, 1.165) is 28.5 Å². The van der Waals surface area contributed by atoms with Gasteiger partial charge in [-0.1, -0.05) is 36.4 Å². The molecule has 0 atom stereocenters. The first-order valence-electron chi connectivity index (χ1n) is 8.81. The fourth-order valence-corrected chi connectivity index (χ4v) is 2.93. The molecule has 3 aromatic rings. The second kappa shape index (κ2) is 8.25. The summed E-state index contributed by atoms with van der Waals surface area (Å²) in [7, 11) is 0. The van der Waals surface area contributed by atoms with Crippen LogP contribution in [0.4, 0.5) is 13.2 Å². The lowest BCUT2D eigenvalue weighted by molar-refractivity contribution is -0.137. The Balaban J connectivity index is 1.61. The summed E-state index contributed by atoms with van der Waals surface area (Å²) < 4.78 is 39.0. The van der Waals surface area contributed by atoms with E-state index < -0.39 is 17.6 Å². The molecule has 0 aliphatic heterocycles. The Labute approximate surface area is 161 Å². The predicted molar refractivity (Wildman–Crippen MR) is 102 cm³/mol. The van der Waals surface area contributed by atoms with E-state index in [1.54, 1.807) is 6.20 Å². The van der Waals surface area contributed by atoms with E-state index in [0.29, 0.717) is 6.42 Å². The Morgan fingerprint density at radius 3 is 2.39 bits per heavy atom. The molecule has 1 N–H and O–H groups in total. The van der Waals surface area contributed by atoms with Crippen LogP contribution in [-0.2, 0) is 12.6 Å². The molecule has 0 unspecified atom stereocenters. The third-order valence-electron chi connectivity index (χ3n) is 4.36. The van der Waals surface area contributed by atoms with Crippen LogP contribution in [0.5, 0.6) is 0 Å². The van der Waals surface area contributed by atoms with Gasteiger partial charge in [-0.25, -0.2) is 0 Å². The number of nitrogens with zero attached hydrogens (tertiary/aromatic N) is 1. The molecule has 0 saturated carbocycles. The minimum atomic E-state index is -4.56. The lowest BCUT2D eigenvalue weighted by atomic mass is 10.0. The lowest BCUT2D eigenvalue weighted by Crippen LogP contribution is -2.28. The van der Waals surface area contributed by atoms with Gasteiger partial charge in [0.15, 0.2) is 0 Å². The molecular weight excluding hydrogens is 365 g/mol. The summed E-state index contributed by atoms with van der Waals surface area (Å²) in [6.45, 7) is 2.18. The molecule has 6 heteroatoms. The molecule has 3 nitrogen and oxygen atoms in total. The predicted octanol–water partition coefficient (Wildman–Crippen LogP) is 5.05. The largest absolute Gasteiger partial charge is 0.417 e. The van der Waals surface area contributed by atoms with Crippen LogP contribution in [-0.4, -0.2) is 17.4 Å². The van der Waals surface area contributed by atoms with Crippen molar-refractivity contribution in [2.24, 2.45) is 0 Å². The number of nitrogens with one attached hydrogen (secondary N) is 1. The van der Waals surface area contributed by atoms with E-state index in [1.165, 1.54) is 18.2 Å². The van der Waals surface area contributed by atoms with E-state index in [-0.39, 0.29) is 12.1 Å². The standard InChI is InChI=1S/C22H19F3N2O/c1-15-14-18(11-13-26-15)17-8-6-16(7-9-17)10-12-27-21(28)19-4-2-3-5-20(19)22(23,24)25/h2-9,11,13-14H,10,12H2,1H3,(H,27,28). The summed E-state index contributed by atoms with van der Waals surface area (Å²) in [5.41, 5.74) is 2.75. The normalized spacial score (nSPS) is 11.3. The SMILES string of the molecule is Cc1cc(-c2ccc(CCNC(=O)c3ccccc3C(F)(F)F)cc2)ccn1. The molecule has 0 spiro atoms. The molecule has 144 valence electrons. The summed E-state index contributed by atoms with van der Waals surface area (Å²) in [6, 6.07) is 16.6. The van der Waals surface area contributed by atoms with E-state index in [1.807, 2.05) is 43.3 Å². The van der Waals surface area contributed by atoms with Crippen LogP contribution in [0.1, 0.15) is 27.2 Å². The lowest BCUT2D eigenvalue weighted by Gasteiger charge is -2.12. The molecule has 1 amide bonds. The zero-order valence-electron chi connectivity index (χ0n) is 15.3. The number of pyridine rings is 1. The zero-order valence-corrected chi connectivity index (χ0v) is 15.3. The van der Waals surface area contributed by atoms with Crippen molar-refractivity contribution < 1.29 is 18.0 Å². The van der Waals surface area contributed by atoms with Crippen molar-refractivity contribution in [3.05, 3.63) is 89.2 Å². The molecule has 0 saturated heterocycles. The maximum absolute atomic E-state index is 13.0. The maximum Gasteiger partial charge on any atom is 0.417 e. The maximum atomic E-state index is 13.0. The number of hydrogen-bond donors (Lipinski definition) is 1. The van der Waals surface area contributed by atoms with E-state index in [2.05, 4.69) is 10.3 Å². The van der Waals surface area contributed by atoms with Gasteiger partial charge in [0.25, 0.3) is 5.91 Å². The minimum Gasteiger partial charge on any atom is -0.352 e. The topological polar surface area (TPSA) is 42.0 Å². The van der Waals surface area contributed by atoms with Crippen molar-refractivity contribution in [3.8, 4) is 11.1 Å². The highest BCUT2D eigenvalue weighted by atomic mass is 19.4. The van der Waals surface area contributed by atoms with Gasteiger partial charge in [-0.3, -0.25) is 9.78 Å². The van der Waals surface area contributed by atoms with Crippen molar-refractivity contribution in [1.82, 2.24) is 10.3 Å². The number of amides is 1. The second-order valence-corrected chi connectivity index (χ2v) is 6.43. The highest BCUT2D eigenvalue weighted by Crippen LogP contribution is 2.31. The summed E-state index contributed by atoms with van der Waals surface area (Å²) in [6.07, 6.45) is -2.28. The third-order valence-corrected chi connectivity index (χ3v) is 4.36. The van der Waals surface area contributed by atoms with Crippen LogP contribution in [0.15, 0.2) is 66.9 Å². The number of alkyl halides is 3. The molecule has 0 aliphatic carbocycles. The number of aromatic nitrogens is 1. The smallest absolute Gasteiger partial charge is 0.352 e. The van der Waals surface area contributed by atoms with Gasteiger partial charge in [-0.2, -0.15) is 13.2 Å². The summed E-state index contributed by atoms with van der Waals surface area (Å²) in [5, 5.41) is 2.57. The molecule has 28 heavy (non-hydrogen) atoms. The van der Waals surface area contributed by atoms with Gasteiger partial charge in [-0.05, 0) is 54.3 Å². The fourth-order valence-electron chi connectivity index (χ4n) is 2.93. The quantitative estimate of drug-likeness (QED) is 0.669. The van der Waals surface area contributed by atoms with Crippen LogP contribution in [0.25, 0.3) is 11.1 Å². The van der Waals surface area contributed by atoms with Crippen LogP contribution in [0.3, 0.4) is 0 Å². The highest BCUT2D eigenvalue weighted by molar-refractivity contribution is 5.95. The van der Waals surface area contributed by atoms with E-state index in [9.17, 15) is 18.0 Å². The molecule has 1 heterocycles. The molecule has 0 radical (unpaired) electrons. The first-order valence-corrected chi connectivity index (χ1v) is 8.81. The molecule has 0 fully saturated rings. The van der Waals surface area contributed by atoms with Crippen molar-refractivity contribution in [3.63, 3.8) is 0 Å². The van der Waals surface area contributed by atoms with Crippen LogP contribution in [0.2, 0.25) is 0 Å². The van der Waals surface area contributed by atoms with E-state index >= 15 is 0 Å². The Morgan fingerprint density at radius 1 is 1.00 bits per heavy atom. The van der Waals surface area contributed by atoms with Crippen molar-refractivity contribution in [2.45, 2.75) is 19.5 Å². The van der Waals surface area contributed by atoms with Crippen molar-refractivity contribution >= 4 is 5.91 Å². The fraction of sp³-hybridized carbons (Fsp3) is 0.182. The number of hydrogen-bond acceptors (Lipinski definition) is 2. The molecule has 2 aromatic carbocycles. The number of carbonyl (C=O) groups is 1. The van der Waals surface area contributed by atoms with Crippen molar-refractivity contribution in [1.29, 1.82) is 0 Å². The first kappa shape index (κ1) is 19.6. The Morgan fingerprint density at radius 2 is 1.71 bits per heavy atom. The van der Waals surface area contributed by atoms with Gasteiger partial charge in [0, 0.05) is 18.4 Å². The van der Waals surface area contributed by atoms with Crippen LogP contribution >= 0.6 is 0 Å². The number of benzene rings is 2. The van der Waals surface area contributed by atoms with Gasteiger partial charge in [0.05, 0.1) is 11.1 Å². The molecule has 1 aromatic heterocycles. The highest BCUT2D eigenvalue weighted by Gasteiger charge is 2.34. The zero-order chi connectivity index (χ0) is 20.1. The van der Waals surface area contributed by atoms with Gasteiger partial charge >= 0.3 is 6.18 Å². The number of rotatable bonds is 5. The molecule has 0 bridgehead atoms. The number of carbonyl (C=O) groups excluding carboxylic acids is 1. The summed E-state index contributed by atoms with van der Waals surface area (Å²) >= 11 is 0. The van der Waals surface area contributed by atoms with Gasteiger partial charge < -0.3 is 5.32 Å².